The fraction of sp³-hybridized carbons (Fsp3) is 0.360. The molecule has 1 unspecified atom stereocenters. The zero-order valence-electron chi connectivity index (χ0n) is 19.5. The predicted molar refractivity (Wildman–Crippen MR) is 132 cm³/mol. The zero-order valence-corrected chi connectivity index (χ0v) is 20.3. The van der Waals surface area contributed by atoms with Crippen LogP contribution in [0.15, 0.2) is 72.4 Å². The van der Waals surface area contributed by atoms with E-state index >= 15 is 0 Å². The van der Waals surface area contributed by atoms with Gasteiger partial charge in [-0.3, -0.25) is 4.72 Å². The number of benzene rings is 1. The lowest BCUT2D eigenvalue weighted by Crippen LogP contribution is -2.26. The van der Waals surface area contributed by atoms with Crippen LogP contribution in [-0.2, 0) is 25.9 Å². The first kappa shape index (κ1) is 24.0. The second-order valence-corrected chi connectivity index (χ2v) is 10.3. The van der Waals surface area contributed by atoms with Crippen LogP contribution in [0.25, 0.3) is 10.9 Å². The zero-order chi connectivity index (χ0) is 24.0. The first-order valence-corrected chi connectivity index (χ1v) is 13.2. The van der Waals surface area contributed by atoms with Crippen molar-refractivity contribution in [1.29, 1.82) is 0 Å². The van der Waals surface area contributed by atoms with Gasteiger partial charge in [0.15, 0.2) is 12.0 Å². The summed E-state index contributed by atoms with van der Waals surface area (Å²) in [6, 6.07) is 6.12. The number of allylic oxidation sites excluding steroid dienone is 3. The number of aryl methyl sites for hydroxylation is 1. The number of sulfonamides is 1. The summed E-state index contributed by atoms with van der Waals surface area (Å²) in [6.07, 6.45) is 16.0. The number of fused-ring (bicyclic) bond motifs is 1. The molecule has 2 aromatic rings. The largest absolute Gasteiger partial charge is 0.497 e. The minimum atomic E-state index is -3.44. The molecule has 9 heteroatoms. The van der Waals surface area contributed by atoms with Gasteiger partial charge in [0.1, 0.15) is 12.0 Å². The molecule has 34 heavy (non-hydrogen) atoms. The molecule has 1 aliphatic heterocycles. The summed E-state index contributed by atoms with van der Waals surface area (Å²) in [4.78, 5) is 3.33. The standard InChI is InChI=1S/C25H31N3O5S/c1-31-21-9-10-23-22(13-21)20(15-27-23)7-3-4-11-26-14-18-6-5-8-19(12-18)24-16-32-17-25(33-24)28-34(2,29)30/h5-6,8-10,13,15-18,26-28H,3-4,7,11-12,14H2,1-2H3. The Bertz CT molecular complexity index is 1240. The summed E-state index contributed by atoms with van der Waals surface area (Å²) in [5, 5.41) is 4.78. The van der Waals surface area contributed by atoms with Crippen molar-refractivity contribution in [2.45, 2.75) is 25.7 Å². The van der Waals surface area contributed by atoms with E-state index in [-0.39, 0.29) is 5.88 Å². The molecule has 0 radical (unpaired) electrons. The van der Waals surface area contributed by atoms with Gasteiger partial charge in [-0.15, -0.1) is 0 Å². The van der Waals surface area contributed by atoms with Gasteiger partial charge in [0.25, 0.3) is 0 Å². The number of ether oxygens (including phenoxy) is 3. The van der Waals surface area contributed by atoms with Crippen molar-refractivity contribution in [1.82, 2.24) is 15.0 Å². The van der Waals surface area contributed by atoms with Crippen LogP contribution >= 0.6 is 0 Å². The molecular weight excluding hydrogens is 454 g/mol. The number of aromatic nitrogens is 1. The predicted octanol–water partition coefficient (Wildman–Crippen LogP) is 3.83. The number of hydrogen-bond donors (Lipinski definition) is 3. The van der Waals surface area contributed by atoms with Crippen LogP contribution in [0.5, 0.6) is 5.75 Å². The van der Waals surface area contributed by atoms with E-state index in [4.69, 9.17) is 14.2 Å². The summed E-state index contributed by atoms with van der Waals surface area (Å²) in [5.74, 6) is 1.77. The van der Waals surface area contributed by atoms with Crippen LogP contribution in [0, 0.1) is 5.92 Å². The molecule has 3 N–H and O–H groups in total. The molecule has 1 aromatic heterocycles. The first-order valence-electron chi connectivity index (χ1n) is 11.3. The van der Waals surface area contributed by atoms with E-state index in [1.54, 1.807) is 7.11 Å². The van der Waals surface area contributed by atoms with E-state index in [0.29, 0.717) is 11.7 Å². The van der Waals surface area contributed by atoms with E-state index in [2.05, 4.69) is 39.4 Å². The topological polar surface area (TPSA) is 102 Å². The first-order chi connectivity index (χ1) is 16.4. The lowest BCUT2D eigenvalue weighted by Gasteiger charge is -2.23. The Morgan fingerprint density at radius 1 is 1.24 bits per heavy atom. The molecule has 0 saturated carbocycles. The van der Waals surface area contributed by atoms with Crippen molar-refractivity contribution < 1.29 is 22.6 Å². The lowest BCUT2D eigenvalue weighted by molar-refractivity contribution is 0.217. The number of rotatable bonds is 11. The van der Waals surface area contributed by atoms with Gasteiger partial charge in [0, 0.05) is 23.6 Å². The normalized spacial score (nSPS) is 17.9. The van der Waals surface area contributed by atoms with Gasteiger partial charge >= 0.3 is 0 Å². The van der Waals surface area contributed by atoms with Crippen molar-refractivity contribution in [3.63, 3.8) is 0 Å². The van der Waals surface area contributed by atoms with E-state index in [1.165, 1.54) is 23.5 Å². The summed E-state index contributed by atoms with van der Waals surface area (Å²) >= 11 is 0. The van der Waals surface area contributed by atoms with Crippen LogP contribution in [0.1, 0.15) is 24.8 Å². The molecule has 0 saturated heterocycles. The molecule has 182 valence electrons. The number of aromatic amines is 1. The number of methoxy groups -OCH3 is 1. The highest BCUT2D eigenvalue weighted by atomic mass is 32.2. The number of hydrogen-bond acceptors (Lipinski definition) is 6. The fourth-order valence-electron chi connectivity index (χ4n) is 4.11. The highest BCUT2D eigenvalue weighted by Crippen LogP contribution is 2.28. The van der Waals surface area contributed by atoms with Crippen LogP contribution < -0.4 is 14.8 Å². The molecule has 8 nitrogen and oxygen atoms in total. The van der Waals surface area contributed by atoms with Crippen LogP contribution in [0.3, 0.4) is 0 Å². The van der Waals surface area contributed by atoms with Gasteiger partial charge in [-0.1, -0.05) is 18.2 Å². The highest BCUT2D eigenvalue weighted by molar-refractivity contribution is 7.88. The van der Waals surface area contributed by atoms with Crippen molar-refractivity contribution in [3.05, 3.63) is 77.9 Å². The summed E-state index contributed by atoms with van der Waals surface area (Å²) in [7, 11) is -1.75. The maximum absolute atomic E-state index is 11.4. The molecule has 2 aliphatic rings. The van der Waals surface area contributed by atoms with Crippen molar-refractivity contribution in [2.24, 2.45) is 5.92 Å². The average molecular weight is 486 g/mol. The lowest BCUT2D eigenvalue weighted by atomic mass is 9.93. The van der Waals surface area contributed by atoms with Gasteiger partial charge in [-0.05, 0) is 67.5 Å². The fourth-order valence-corrected chi connectivity index (χ4v) is 4.56. The maximum atomic E-state index is 11.4. The van der Waals surface area contributed by atoms with E-state index in [0.717, 1.165) is 61.9 Å². The molecule has 0 amide bonds. The second kappa shape index (κ2) is 10.8. The number of nitrogens with one attached hydrogen (secondary N) is 3. The van der Waals surface area contributed by atoms with E-state index in [9.17, 15) is 8.42 Å². The minimum absolute atomic E-state index is 0.0544. The Morgan fingerprint density at radius 3 is 2.94 bits per heavy atom. The van der Waals surface area contributed by atoms with Crippen molar-refractivity contribution >= 4 is 20.9 Å². The van der Waals surface area contributed by atoms with Crippen LogP contribution in [0.2, 0.25) is 0 Å². The molecule has 1 aromatic carbocycles. The van der Waals surface area contributed by atoms with Crippen LogP contribution in [0.4, 0.5) is 0 Å². The number of H-pyrrole nitrogens is 1. The molecule has 4 rings (SSSR count). The van der Waals surface area contributed by atoms with Gasteiger partial charge in [0.2, 0.25) is 15.9 Å². The van der Waals surface area contributed by atoms with Gasteiger partial charge in [-0.2, -0.15) is 0 Å². The Kier molecular flexibility index (Phi) is 7.64. The van der Waals surface area contributed by atoms with Gasteiger partial charge in [-0.25, -0.2) is 8.42 Å². The SMILES string of the molecule is COc1ccc2[nH]cc(CCCCNCC3C=CC=C(C4=COC=C(NS(C)(=O)=O)O4)C3)c2c1. The monoisotopic (exact) mass is 485 g/mol. The maximum Gasteiger partial charge on any atom is 0.242 e. The Balaban J connectivity index is 1.18. The molecule has 0 fully saturated rings. The Hall–Kier alpha value is -3.17. The summed E-state index contributed by atoms with van der Waals surface area (Å²) in [6.45, 7) is 1.80. The molecule has 1 aliphatic carbocycles. The molecular formula is C25H31N3O5S. The third-order valence-electron chi connectivity index (χ3n) is 5.77. The molecule has 0 spiro atoms. The van der Waals surface area contributed by atoms with Gasteiger partial charge in [0.05, 0.1) is 13.4 Å². The molecule has 2 heterocycles. The Morgan fingerprint density at radius 2 is 2.12 bits per heavy atom. The van der Waals surface area contributed by atoms with Crippen molar-refractivity contribution in [2.75, 3.05) is 26.5 Å². The van der Waals surface area contributed by atoms with Gasteiger partial charge < -0.3 is 24.5 Å². The summed E-state index contributed by atoms with van der Waals surface area (Å²) < 4.78 is 41.4. The second-order valence-electron chi connectivity index (χ2n) is 8.50. The highest BCUT2D eigenvalue weighted by Gasteiger charge is 2.20. The van der Waals surface area contributed by atoms with E-state index < -0.39 is 10.0 Å². The summed E-state index contributed by atoms with van der Waals surface area (Å²) in [5.41, 5.74) is 3.42. The average Bonchev–Trinajstić information content (AvgIpc) is 3.22. The third kappa shape index (κ3) is 6.45. The molecule has 0 bridgehead atoms. The Labute approximate surface area is 200 Å². The quantitative estimate of drug-likeness (QED) is 0.418. The van der Waals surface area contributed by atoms with E-state index in [1.807, 2.05) is 18.2 Å². The molecule has 1 atom stereocenters. The van der Waals surface area contributed by atoms with Crippen LogP contribution in [-0.4, -0.2) is 39.9 Å². The number of unbranched alkanes of at least 4 members (excludes halogenated alkanes) is 1. The smallest absolute Gasteiger partial charge is 0.242 e. The minimum Gasteiger partial charge on any atom is -0.497 e. The third-order valence-corrected chi connectivity index (χ3v) is 6.34. The van der Waals surface area contributed by atoms with Crippen molar-refractivity contribution in [3.8, 4) is 5.75 Å².